The fraction of sp³-hybridized carbons (Fsp3) is 0.464. The van der Waals surface area contributed by atoms with Gasteiger partial charge in [-0.05, 0) is 67.6 Å². The molecule has 3 aromatic rings. The van der Waals surface area contributed by atoms with Crippen LogP contribution in [-0.2, 0) is 10.9 Å². The Balaban J connectivity index is 1.47. The highest BCUT2D eigenvalue weighted by Gasteiger charge is 2.54. The number of imidazole rings is 1. The summed E-state index contributed by atoms with van der Waals surface area (Å²) < 4.78 is 80.2. The number of hydrogen-bond acceptors (Lipinski definition) is 4. The number of ether oxygens (including phenoxy) is 2. The van der Waals surface area contributed by atoms with Crippen molar-refractivity contribution < 1.29 is 31.4 Å². The predicted octanol–water partition coefficient (Wildman–Crippen LogP) is 6.03. The van der Waals surface area contributed by atoms with E-state index in [2.05, 4.69) is 10.3 Å². The number of methoxy groups -OCH3 is 1. The van der Waals surface area contributed by atoms with E-state index in [1.807, 2.05) is 0 Å². The minimum Gasteiger partial charge on any atom is -0.496 e. The molecule has 10 heteroatoms. The Morgan fingerprint density at radius 2 is 1.97 bits per heavy atom. The van der Waals surface area contributed by atoms with Crippen molar-refractivity contribution in [3.63, 3.8) is 0 Å². The molecule has 1 saturated carbocycles. The summed E-state index contributed by atoms with van der Waals surface area (Å²) in [5.41, 5.74) is 1.53. The van der Waals surface area contributed by atoms with Crippen molar-refractivity contribution in [1.82, 2.24) is 14.9 Å². The molecular weight excluding hydrogens is 505 g/mol. The highest BCUT2D eigenvalue weighted by atomic mass is 19.4. The number of nitrogens with zero attached hydrogens (tertiary/aromatic N) is 2. The summed E-state index contributed by atoms with van der Waals surface area (Å²) >= 11 is 0. The molecule has 0 amide bonds. The van der Waals surface area contributed by atoms with E-state index in [1.165, 1.54) is 25.4 Å². The van der Waals surface area contributed by atoms with Crippen LogP contribution in [0.15, 0.2) is 54.9 Å². The molecule has 1 saturated heterocycles. The van der Waals surface area contributed by atoms with Crippen LogP contribution < -0.4 is 10.1 Å². The van der Waals surface area contributed by atoms with Crippen molar-refractivity contribution in [2.45, 2.75) is 42.9 Å². The Kier molecular flexibility index (Phi) is 7.46. The minimum atomic E-state index is -4.60. The van der Waals surface area contributed by atoms with Crippen LogP contribution in [0.25, 0.3) is 5.69 Å². The molecule has 1 aliphatic carbocycles. The van der Waals surface area contributed by atoms with Gasteiger partial charge in [-0.1, -0.05) is 12.1 Å². The fourth-order valence-corrected chi connectivity index (χ4v) is 6.31. The second-order valence-corrected chi connectivity index (χ2v) is 10.0. The predicted molar refractivity (Wildman–Crippen MR) is 132 cm³/mol. The molecule has 1 aliphatic heterocycles. The molecular formula is C28H30F5N3O2. The van der Waals surface area contributed by atoms with Crippen LogP contribution in [0.1, 0.15) is 48.0 Å². The molecule has 38 heavy (non-hydrogen) atoms. The Hall–Kier alpha value is -2.98. The molecule has 4 atom stereocenters. The zero-order valence-corrected chi connectivity index (χ0v) is 21.0. The SMILES string of the molecule is COc1ccc(-n2ccnc2C(F)(F)F)cc1[C@H]1CO[C@]2(CC[C@H](CNCCF)[C@H]2c2ccc(F)cc2)C1. The van der Waals surface area contributed by atoms with Crippen LogP contribution in [0.4, 0.5) is 22.0 Å². The first-order valence-electron chi connectivity index (χ1n) is 12.7. The second-order valence-electron chi connectivity index (χ2n) is 10.0. The molecule has 1 spiro atoms. The Labute approximate surface area is 218 Å². The van der Waals surface area contributed by atoms with Gasteiger partial charge in [-0.2, -0.15) is 13.2 Å². The Morgan fingerprint density at radius 1 is 1.18 bits per heavy atom. The topological polar surface area (TPSA) is 48.3 Å². The van der Waals surface area contributed by atoms with Crippen LogP contribution in [0.5, 0.6) is 5.75 Å². The van der Waals surface area contributed by atoms with Gasteiger partial charge >= 0.3 is 6.18 Å². The van der Waals surface area contributed by atoms with Crippen molar-refractivity contribution in [2.75, 3.05) is 33.5 Å². The van der Waals surface area contributed by atoms with Gasteiger partial charge in [-0.15, -0.1) is 0 Å². The lowest BCUT2D eigenvalue weighted by molar-refractivity contribution is -0.145. The van der Waals surface area contributed by atoms with Gasteiger partial charge in [0.15, 0.2) is 0 Å². The first-order valence-corrected chi connectivity index (χ1v) is 12.7. The maximum absolute atomic E-state index is 13.7. The highest BCUT2D eigenvalue weighted by Crippen LogP contribution is 2.57. The zero-order chi connectivity index (χ0) is 26.9. The molecule has 5 nitrogen and oxygen atoms in total. The van der Waals surface area contributed by atoms with Crippen molar-refractivity contribution in [1.29, 1.82) is 0 Å². The van der Waals surface area contributed by atoms with Gasteiger partial charge in [0, 0.05) is 42.0 Å². The van der Waals surface area contributed by atoms with Gasteiger partial charge in [-0.25, -0.2) is 13.8 Å². The average molecular weight is 536 g/mol. The van der Waals surface area contributed by atoms with Gasteiger partial charge in [0.2, 0.25) is 5.82 Å². The third kappa shape index (κ3) is 5.03. The largest absolute Gasteiger partial charge is 0.496 e. The molecule has 0 bridgehead atoms. The van der Waals surface area contributed by atoms with Crippen LogP contribution in [-0.4, -0.2) is 48.6 Å². The summed E-state index contributed by atoms with van der Waals surface area (Å²) in [7, 11) is 1.53. The van der Waals surface area contributed by atoms with Crippen LogP contribution >= 0.6 is 0 Å². The van der Waals surface area contributed by atoms with E-state index < -0.39 is 24.3 Å². The van der Waals surface area contributed by atoms with E-state index >= 15 is 0 Å². The van der Waals surface area contributed by atoms with E-state index in [0.717, 1.165) is 34.7 Å². The third-order valence-corrected chi connectivity index (χ3v) is 7.87. The summed E-state index contributed by atoms with van der Waals surface area (Å²) in [4.78, 5) is 3.51. The average Bonchev–Trinajstić information content (AvgIpc) is 3.64. The lowest BCUT2D eigenvalue weighted by Crippen LogP contribution is -2.36. The zero-order valence-electron chi connectivity index (χ0n) is 21.0. The molecule has 1 N–H and O–H groups in total. The monoisotopic (exact) mass is 535 g/mol. The number of rotatable bonds is 8. The molecule has 2 aliphatic rings. The number of alkyl halides is 4. The summed E-state index contributed by atoms with van der Waals surface area (Å²) in [6.45, 7) is 0.793. The molecule has 5 rings (SSSR count). The molecule has 0 unspecified atom stereocenters. The van der Waals surface area contributed by atoms with Crippen LogP contribution in [0, 0.1) is 11.7 Å². The first-order chi connectivity index (χ1) is 18.3. The Morgan fingerprint density at radius 3 is 2.68 bits per heavy atom. The lowest BCUT2D eigenvalue weighted by Gasteiger charge is -2.34. The van der Waals surface area contributed by atoms with Gasteiger partial charge in [0.25, 0.3) is 0 Å². The van der Waals surface area contributed by atoms with Crippen molar-refractivity contribution in [2.24, 2.45) is 5.92 Å². The van der Waals surface area contributed by atoms with Gasteiger partial charge < -0.3 is 14.8 Å². The van der Waals surface area contributed by atoms with Crippen molar-refractivity contribution in [3.05, 3.63) is 77.6 Å². The van der Waals surface area contributed by atoms with E-state index in [9.17, 15) is 22.0 Å². The van der Waals surface area contributed by atoms with Gasteiger partial charge in [0.05, 0.1) is 19.3 Å². The van der Waals surface area contributed by atoms with Crippen molar-refractivity contribution >= 4 is 0 Å². The summed E-state index contributed by atoms with van der Waals surface area (Å²) in [6, 6.07) is 11.4. The molecule has 204 valence electrons. The maximum Gasteiger partial charge on any atom is 0.450 e. The number of hydrogen-bond donors (Lipinski definition) is 1. The maximum atomic E-state index is 13.7. The normalized spacial score (nSPS) is 25.4. The van der Waals surface area contributed by atoms with E-state index in [1.54, 1.807) is 30.3 Å². The molecule has 0 radical (unpaired) electrons. The fourth-order valence-electron chi connectivity index (χ4n) is 6.31. The molecule has 2 aromatic carbocycles. The van der Waals surface area contributed by atoms with Gasteiger partial charge in [0.1, 0.15) is 18.2 Å². The third-order valence-electron chi connectivity index (χ3n) is 7.87. The summed E-state index contributed by atoms with van der Waals surface area (Å²) in [5, 5.41) is 3.17. The van der Waals surface area contributed by atoms with Crippen molar-refractivity contribution in [3.8, 4) is 11.4 Å². The van der Waals surface area contributed by atoms with E-state index in [4.69, 9.17) is 9.47 Å². The highest BCUT2D eigenvalue weighted by molar-refractivity contribution is 5.48. The van der Waals surface area contributed by atoms with E-state index in [0.29, 0.717) is 31.0 Å². The molecule has 2 heterocycles. The minimum absolute atomic E-state index is 0.0418. The standard InChI is InChI=1S/C28H30F5N3O2/c1-37-24-7-6-22(36-13-12-35-26(36)28(31,32)33)14-23(24)20-15-27(38-17-20)9-8-19(16-34-11-10-29)25(27)18-2-4-21(30)5-3-18/h2-7,12-14,19-20,25,34H,8-11,15-17H2,1H3/t19-,20-,25-,27-/m1/s1. The van der Waals surface area contributed by atoms with Crippen LogP contribution in [0.2, 0.25) is 0 Å². The first kappa shape index (κ1) is 26.6. The summed E-state index contributed by atoms with van der Waals surface area (Å²) in [6.07, 6.45) is 0.0808. The number of benzene rings is 2. The number of aromatic nitrogens is 2. The smallest absolute Gasteiger partial charge is 0.450 e. The lowest BCUT2D eigenvalue weighted by atomic mass is 9.76. The Bertz CT molecular complexity index is 1250. The number of halogens is 5. The van der Waals surface area contributed by atoms with Gasteiger partial charge in [-0.3, -0.25) is 4.57 Å². The quantitative estimate of drug-likeness (QED) is 0.283. The van der Waals surface area contributed by atoms with E-state index in [-0.39, 0.29) is 30.1 Å². The molecule has 1 aromatic heterocycles. The molecule has 2 fully saturated rings. The number of nitrogens with one attached hydrogen (secondary N) is 1. The summed E-state index contributed by atoms with van der Waals surface area (Å²) in [5.74, 6) is -0.742. The second kappa shape index (κ2) is 10.6. The van der Waals surface area contributed by atoms with Crippen LogP contribution in [0.3, 0.4) is 0 Å².